The maximum absolute atomic E-state index is 12.7. The predicted molar refractivity (Wildman–Crippen MR) is 118 cm³/mol. The summed E-state index contributed by atoms with van der Waals surface area (Å²) in [4.78, 5) is 32.5. The summed E-state index contributed by atoms with van der Waals surface area (Å²) >= 11 is 0. The molecule has 8 heteroatoms. The summed E-state index contributed by atoms with van der Waals surface area (Å²) in [6, 6.07) is 5.70. The van der Waals surface area contributed by atoms with Gasteiger partial charge in [-0.3, -0.25) is 19.3 Å². The molecule has 146 valence electrons. The van der Waals surface area contributed by atoms with Gasteiger partial charge in [-0.2, -0.15) is 27.0 Å². The number of aromatic amines is 1. The predicted octanol–water partition coefficient (Wildman–Crippen LogP) is 3.40. The Morgan fingerprint density at radius 1 is 1.41 bits per heavy atom. The van der Waals surface area contributed by atoms with E-state index in [0.717, 1.165) is 35.0 Å². The molecule has 1 fully saturated rings. The van der Waals surface area contributed by atoms with Gasteiger partial charge in [-0.25, -0.2) is 6.57 Å². The highest BCUT2D eigenvalue weighted by atomic mass is 32.1. The van der Waals surface area contributed by atoms with Crippen LogP contribution in [0.1, 0.15) is 32.3 Å². The first-order chi connectivity index (χ1) is 12.0. The number of anilines is 1. The van der Waals surface area contributed by atoms with Crippen molar-refractivity contribution < 1.29 is 9.59 Å². The Morgan fingerprint density at radius 2 is 2.15 bits per heavy atom. The fourth-order valence-corrected chi connectivity index (χ4v) is 3.47. The first-order valence-corrected chi connectivity index (χ1v) is 8.54. The topological polar surface area (TPSA) is 69.6 Å². The highest BCUT2D eigenvalue weighted by molar-refractivity contribution is 7.59. The van der Waals surface area contributed by atoms with Crippen LogP contribution in [0.3, 0.4) is 0 Å². The van der Waals surface area contributed by atoms with Crippen LogP contribution >= 0.6 is 27.0 Å². The molecule has 0 saturated carbocycles. The molecule has 0 bridgehead atoms. The van der Waals surface area contributed by atoms with Gasteiger partial charge in [0.2, 0.25) is 11.8 Å². The standard InChI is InChI=1S/C19H22N4O2.2H2S/c1-12(19(25)23-8-4-5-18(23)20-3)9-14-11-21-17-7-6-15(10-16(14)17)22-13(2)24;;/h6-7,10-12,18,21H,4-5,8-9H2,1-2H3,(H,22,24);2*1H2/t12-,18-;;/m0../s1. The van der Waals surface area contributed by atoms with Gasteiger partial charge in [0.1, 0.15) is 0 Å². The van der Waals surface area contributed by atoms with Crippen LogP contribution in [0.15, 0.2) is 24.4 Å². The van der Waals surface area contributed by atoms with Gasteiger partial charge in [0.05, 0.1) is 0 Å². The summed E-state index contributed by atoms with van der Waals surface area (Å²) in [5.41, 5.74) is 2.76. The van der Waals surface area contributed by atoms with E-state index in [4.69, 9.17) is 6.57 Å². The Labute approximate surface area is 173 Å². The number of carbonyl (C=O) groups is 2. The Kier molecular flexibility index (Phi) is 8.25. The molecule has 0 unspecified atom stereocenters. The summed E-state index contributed by atoms with van der Waals surface area (Å²) < 4.78 is 0. The van der Waals surface area contributed by atoms with E-state index in [0.29, 0.717) is 13.0 Å². The maximum Gasteiger partial charge on any atom is 0.300 e. The first-order valence-electron chi connectivity index (χ1n) is 8.54. The largest absolute Gasteiger partial charge is 0.361 e. The van der Waals surface area contributed by atoms with Crippen LogP contribution in [0.5, 0.6) is 0 Å². The lowest BCUT2D eigenvalue weighted by molar-refractivity contribution is -0.135. The summed E-state index contributed by atoms with van der Waals surface area (Å²) in [5.74, 6) is -0.254. The number of fused-ring (bicyclic) bond motifs is 1. The molecule has 1 aromatic carbocycles. The van der Waals surface area contributed by atoms with Crippen LogP contribution in [0.4, 0.5) is 5.69 Å². The van der Waals surface area contributed by atoms with E-state index in [1.807, 2.05) is 31.3 Å². The molecule has 6 nitrogen and oxygen atoms in total. The molecular weight excluding hydrogens is 380 g/mol. The minimum absolute atomic E-state index is 0. The average molecular weight is 407 g/mol. The van der Waals surface area contributed by atoms with Crippen molar-refractivity contribution in [3.8, 4) is 0 Å². The molecule has 2 amide bonds. The smallest absolute Gasteiger partial charge is 0.300 e. The van der Waals surface area contributed by atoms with Gasteiger partial charge >= 0.3 is 6.17 Å². The van der Waals surface area contributed by atoms with Crippen LogP contribution in [-0.2, 0) is 16.0 Å². The number of likely N-dealkylation sites (tertiary alicyclic amines) is 1. The van der Waals surface area contributed by atoms with Crippen molar-refractivity contribution >= 4 is 55.4 Å². The van der Waals surface area contributed by atoms with E-state index >= 15 is 0 Å². The van der Waals surface area contributed by atoms with Crippen molar-refractivity contribution in [1.82, 2.24) is 9.88 Å². The van der Waals surface area contributed by atoms with Crippen LogP contribution in [-0.4, -0.2) is 34.4 Å². The van der Waals surface area contributed by atoms with Crippen LogP contribution in [0.2, 0.25) is 0 Å². The summed E-state index contributed by atoms with van der Waals surface area (Å²) in [6.45, 7) is 11.3. The number of rotatable bonds is 4. The fraction of sp³-hybridized carbons (Fsp3) is 0.421. The monoisotopic (exact) mass is 406 g/mol. The molecule has 1 saturated heterocycles. The Hall–Kier alpha value is -2.11. The third-order valence-electron chi connectivity index (χ3n) is 4.69. The quantitative estimate of drug-likeness (QED) is 0.764. The van der Waals surface area contributed by atoms with Gasteiger partial charge in [-0.1, -0.05) is 6.92 Å². The molecule has 0 radical (unpaired) electrons. The van der Waals surface area contributed by atoms with E-state index in [1.165, 1.54) is 6.92 Å². The van der Waals surface area contributed by atoms with Gasteiger partial charge in [0, 0.05) is 48.6 Å². The molecular formula is C19H26N4O2S2. The number of nitrogens with one attached hydrogen (secondary N) is 2. The number of benzene rings is 1. The second-order valence-corrected chi connectivity index (χ2v) is 6.64. The second-order valence-electron chi connectivity index (χ2n) is 6.64. The molecule has 1 aliphatic rings. The fourth-order valence-electron chi connectivity index (χ4n) is 3.47. The van der Waals surface area contributed by atoms with Gasteiger partial charge in [0.25, 0.3) is 0 Å². The SMILES string of the molecule is S.S.[C-]#[N+][C@@H]1CCCN1C(=O)[C@@H](C)Cc1c[nH]c2ccc(NC(C)=O)cc12. The maximum atomic E-state index is 12.7. The van der Waals surface area contributed by atoms with E-state index in [2.05, 4.69) is 15.1 Å². The number of H-pyrrole nitrogens is 1. The molecule has 2 atom stereocenters. The van der Waals surface area contributed by atoms with Gasteiger partial charge in [0.15, 0.2) is 0 Å². The van der Waals surface area contributed by atoms with Crippen LogP contribution in [0.25, 0.3) is 15.7 Å². The normalized spacial score (nSPS) is 16.8. The van der Waals surface area contributed by atoms with Crippen LogP contribution in [0, 0.1) is 12.5 Å². The first kappa shape index (κ1) is 22.9. The van der Waals surface area contributed by atoms with E-state index in [9.17, 15) is 9.59 Å². The number of hydrogen-bond acceptors (Lipinski definition) is 2. The summed E-state index contributed by atoms with van der Waals surface area (Å²) in [6.07, 6.45) is 3.89. The minimum atomic E-state index is -0.302. The number of carbonyl (C=O) groups excluding carboxylic acids is 2. The van der Waals surface area contributed by atoms with Gasteiger partial charge < -0.3 is 10.3 Å². The lowest BCUT2D eigenvalue weighted by atomic mass is 9.99. The highest BCUT2D eigenvalue weighted by Gasteiger charge is 2.35. The zero-order valence-electron chi connectivity index (χ0n) is 15.5. The second kappa shape index (κ2) is 9.72. The van der Waals surface area contributed by atoms with Crippen molar-refractivity contribution in [3.05, 3.63) is 41.4 Å². The van der Waals surface area contributed by atoms with Crippen molar-refractivity contribution in [1.29, 1.82) is 0 Å². The third-order valence-corrected chi connectivity index (χ3v) is 4.69. The Morgan fingerprint density at radius 3 is 2.81 bits per heavy atom. The van der Waals surface area contributed by atoms with Crippen molar-refractivity contribution in [3.63, 3.8) is 0 Å². The van der Waals surface area contributed by atoms with Crippen molar-refractivity contribution in [2.75, 3.05) is 11.9 Å². The lowest BCUT2D eigenvalue weighted by Gasteiger charge is -2.20. The zero-order valence-corrected chi connectivity index (χ0v) is 17.5. The zero-order chi connectivity index (χ0) is 18.0. The molecule has 3 rings (SSSR count). The molecule has 0 aliphatic carbocycles. The Balaban J connectivity index is 0.00000182. The van der Waals surface area contributed by atoms with E-state index in [1.54, 1.807) is 4.90 Å². The molecule has 1 aromatic heterocycles. The number of amides is 2. The number of nitrogens with zero attached hydrogens (tertiary/aromatic N) is 2. The molecule has 2 heterocycles. The molecule has 1 aliphatic heterocycles. The summed E-state index contributed by atoms with van der Waals surface area (Å²) in [7, 11) is 0. The minimum Gasteiger partial charge on any atom is -0.361 e. The van der Waals surface area contributed by atoms with E-state index in [-0.39, 0.29) is 50.9 Å². The van der Waals surface area contributed by atoms with Gasteiger partial charge in [-0.05, 0) is 36.6 Å². The van der Waals surface area contributed by atoms with Gasteiger partial charge in [-0.15, -0.1) is 0 Å². The highest BCUT2D eigenvalue weighted by Crippen LogP contribution is 2.27. The van der Waals surface area contributed by atoms with Crippen molar-refractivity contribution in [2.45, 2.75) is 39.3 Å². The average Bonchev–Trinajstić information content (AvgIpc) is 3.20. The molecule has 27 heavy (non-hydrogen) atoms. The Bertz CT molecular complexity index is 859. The lowest BCUT2D eigenvalue weighted by Crippen LogP contribution is -2.38. The van der Waals surface area contributed by atoms with Crippen molar-refractivity contribution in [2.24, 2.45) is 5.92 Å². The van der Waals surface area contributed by atoms with Crippen LogP contribution < -0.4 is 5.32 Å². The van der Waals surface area contributed by atoms with E-state index < -0.39 is 0 Å². The summed E-state index contributed by atoms with van der Waals surface area (Å²) in [5, 5.41) is 3.80. The number of aromatic nitrogens is 1. The molecule has 0 spiro atoms. The molecule has 2 aromatic rings. The third kappa shape index (κ3) is 4.99. The number of hydrogen-bond donors (Lipinski definition) is 2. The molecule has 2 N–H and O–H groups in total.